The van der Waals surface area contributed by atoms with Gasteiger partial charge in [-0.2, -0.15) is 0 Å². The first-order valence-corrected chi connectivity index (χ1v) is 6.42. The number of nitrogens with zero attached hydrogens (tertiary/aromatic N) is 1. The van der Waals surface area contributed by atoms with E-state index in [0.717, 1.165) is 10.9 Å². The van der Waals surface area contributed by atoms with Crippen LogP contribution < -0.4 is 4.74 Å². The Bertz CT molecular complexity index is 568. The standard InChI is InChI=1S/C15H17NO3/c1-3-14(15(17)18-4-2)19-12-7-8-13-11(10-12)6-5-9-16-13/h5-10,14H,3-4H2,1-2H3. The van der Waals surface area contributed by atoms with Crippen LogP contribution in [0.5, 0.6) is 5.75 Å². The molecule has 2 aromatic rings. The van der Waals surface area contributed by atoms with Crippen LogP contribution in [0, 0.1) is 0 Å². The summed E-state index contributed by atoms with van der Waals surface area (Å²) < 4.78 is 10.7. The monoisotopic (exact) mass is 259 g/mol. The van der Waals surface area contributed by atoms with Crippen LogP contribution in [-0.2, 0) is 9.53 Å². The Morgan fingerprint density at radius 1 is 1.32 bits per heavy atom. The van der Waals surface area contributed by atoms with Crippen molar-refractivity contribution < 1.29 is 14.3 Å². The van der Waals surface area contributed by atoms with Crippen LogP contribution in [0.4, 0.5) is 0 Å². The molecule has 0 aliphatic carbocycles. The van der Waals surface area contributed by atoms with E-state index in [2.05, 4.69) is 4.98 Å². The first-order chi connectivity index (χ1) is 9.24. The van der Waals surface area contributed by atoms with Crippen LogP contribution in [0.2, 0.25) is 0 Å². The maximum Gasteiger partial charge on any atom is 0.347 e. The predicted octanol–water partition coefficient (Wildman–Crippen LogP) is 2.96. The summed E-state index contributed by atoms with van der Waals surface area (Å²) in [6.45, 7) is 4.04. The Morgan fingerprint density at radius 3 is 2.89 bits per heavy atom. The zero-order valence-electron chi connectivity index (χ0n) is 11.1. The highest BCUT2D eigenvalue weighted by Crippen LogP contribution is 2.20. The van der Waals surface area contributed by atoms with Crippen molar-refractivity contribution in [2.75, 3.05) is 6.61 Å². The molecule has 0 radical (unpaired) electrons. The number of hydrogen-bond donors (Lipinski definition) is 0. The van der Waals surface area contributed by atoms with Gasteiger partial charge in [0.2, 0.25) is 0 Å². The number of ether oxygens (including phenoxy) is 2. The molecule has 19 heavy (non-hydrogen) atoms. The van der Waals surface area contributed by atoms with E-state index in [4.69, 9.17) is 9.47 Å². The second-order valence-corrected chi connectivity index (χ2v) is 4.12. The van der Waals surface area contributed by atoms with Gasteiger partial charge >= 0.3 is 5.97 Å². The molecule has 0 spiro atoms. The SMILES string of the molecule is CCOC(=O)C(CC)Oc1ccc2ncccc2c1. The molecular weight excluding hydrogens is 242 g/mol. The lowest BCUT2D eigenvalue weighted by atomic mass is 10.2. The molecule has 0 N–H and O–H groups in total. The lowest BCUT2D eigenvalue weighted by Gasteiger charge is -2.16. The van der Waals surface area contributed by atoms with E-state index >= 15 is 0 Å². The topological polar surface area (TPSA) is 48.4 Å². The maximum absolute atomic E-state index is 11.7. The Morgan fingerprint density at radius 2 is 2.16 bits per heavy atom. The third-order valence-electron chi connectivity index (χ3n) is 2.77. The van der Waals surface area contributed by atoms with Gasteiger partial charge in [-0.1, -0.05) is 13.0 Å². The number of fused-ring (bicyclic) bond motifs is 1. The van der Waals surface area contributed by atoms with Crippen molar-refractivity contribution in [3.8, 4) is 5.75 Å². The molecule has 4 heteroatoms. The molecule has 1 unspecified atom stereocenters. The highest BCUT2D eigenvalue weighted by atomic mass is 16.6. The molecule has 4 nitrogen and oxygen atoms in total. The molecule has 0 saturated carbocycles. The normalized spacial score (nSPS) is 12.1. The summed E-state index contributed by atoms with van der Waals surface area (Å²) in [5, 5.41) is 0.985. The van der Waals surface area contributed by atoms with Gasteiger partial charge < -0.3 is 9.47 Å². The van der Waals surface area contributed by atoms with Gasteiger partial charge in [-0.05, 0) is 37.6 Å². The molecule has 1 aromatic heterocycles. The van der Waals surface area contributed by atoms with Crippen molar-refractivity contribution in [1.29, 1.82) is 0 Å². The van der Waals surface area contributed by atoms with E-state index in [1.165, 1.54) is 0 Å². The summed E-state index contributed by atoms with van der Waals surface area (Å²) in [5.74, 6) is 0.330. The fourth-order valence-electron chi connectivity index (χ4n) is 1.82. The largest absolute Gasteiger partial charge is 0.479 e. The molecule has 0 aliphatic rings. The third-order valence-corrected chi connectivity index (χ3v) is 2.77. The first-order valence-electron chi connectivity index (χ1n) is 6.42. The minimum atomic E-state index is -0.561. The number of rotatable bonds is 5. The summed E-state index contributed by atoms with van der Waals surface area (Å²) in [4.78, 5) is 15.9. The van der Waals surface area contributed by atoms with Crippen LogP contribution in [0.3, 0.4) is 0 Å². The summed E-state index contributed by atoms with van der Waals surface area (Å²) in [7, 11) is 0. The van der Waals surface area contributed by atoms with Crippen LogP contribution in [0.25, 0.3) is 10.9 Å². The van der Waals surface area contributed by atoms with Crippen molar-refractivity contribution in [2.45, 2.75) is 26.4 Å². The average molecular weight is 259 g/mol. The van der Waals surface area contributed by atoms with Crippen molar-refractivity contribution in [2.24, 2.45) is 0 Å². The van der Waals surface area contributed by atoms with Crippen LogP contribution >= 0.6 is 0 Å². The Balaban J connectivity index is 2.17. The van der Waals surface area contributed by atoms with Gasteiger partial charge in [0.15, 0.2) is 6.10 Å². The molecule has 100 valence electrons. The van der Waals surface area contributed by atoms with E-state index in [9.17, 15) is 4.79 Å². The highest BCUT2D eigenvalue weighted by Gasteiger charge is 2.19. The molecule has 0 bridgehead atoms. The Hall–Kier alpha value is -2.10. The van der Waals surface area contributed by atoms with E-state index in [1.54, 1.807) is 13.1 Å². The molecule has 1 atom stereocenters. The van der Waals surface area contributed by atoms with Crippen LogP contribution in [0.1, 0.15) is 20.3 Å². The number of carbonyl (C=O) groups excluding carboxylic acids is 1. The molecule has 2 rings (SSSR count). The number of benzene rings is 1. The van der Waals surface area contributed by atoms with Crippen LogP contribution in [0.15, 0.2) is 36.5 Å². The van der Waals surface area contributed by atoms with Gasteiger partial charge in [-0.3, -0.25) is 4.98 Å². The molecule has 0 fully saturated rings. The zero-order chi connectivity index (χ0) is 13.7. The zero-order valence-corrected chi connectivity index (χ0v) is 11.1. The van der Waals surface area contributed by atoms with Crippen molar-refractivity contribution in [3.63, 3.8) is 0 Å². The van der Waals surface area contributed by atoms with Gasteiger partial charge in [-0.25, -0.2) is 4.79 Å². The van der Waals surface area contributed by atoms with E-state index in [1.807, 2.05) is 37.3 Å². The fourth-order valence-corrected chi connectivity index (χ4v) is 1.82. The van der Waals surface area contributed by atoms with E-state index in [0.29, 0.717) is 18.8 Å². The first kappa shape index (κ1) is 13.3. The molecule has 1 heterocycles. The maximum atomic E-state index is 11.7. The molecular formula is C15H17NO3. The third kappa shape index (κ3) is 3.22. The van der Waals surface area contributed by atoms with Crippen molar-refractivity contribution >= 4 is 16.9 Å². The lowest BCUT2D eigenvalue weighted by Crippen LogP contribution is -2.28. The molecule has 1 aromatic carbocycles. The second-order valence-electron chi connectivity index (χ2n) is 4.12. The van der Waals surface area contributed by atoms with Crippen molar-refractivity contribution in [1.82, 2.24) is 4.98 Å². The Labute approximate surface area is 112 Å². The van der Waals surface area contributed by atoms with E-state index < -0.39 is 6.10 Å². The van der Waals surface area contributed by atoms with Gasteiger partial charge in [0.25, 0.3) is 0 Å². The van der Waals surface area contributed by atoms with Gasteiger partial charge in [0, 0.05) is 11.6 Å². The number of hydrogen-bond acceptors (Lipinski definition) is 4. The smallest absolute Gasteiger partial charge is 0.347 e. The van der Waals surface area contributed by atoms with Gasteiger partial charge in [0.1, 0.15) is 5.75 Å². The van der Waals surface area contributed by atoms with Gasteiger partial charge in [0.05, 0.1) is 12.1 Å². The number of pyridine rings is 1. The molecule has 0 amide bonds. The minimum absolute atomic E-state index is 0.323. The molecule has 0 aliphatic heterocycles. The minimum Gasteiger partial charge on any atom is -0.479 e. The predicted molar refractivity (Wildman–Crippen MR) is 73.1 cm³/mol. The lowest BCUT2D eigenvalue weighted by molar-refractivity contribution is -0.151. The Kier molecular flexibility index (Phi) is 4.34. The van der Waals surface area contributed by atoms with E-state index in [-0.39, 0.29) is 5.97 Å². The summed E-state index contributed by atoms with van der Waals surface area (Å²) in [5.41, 5.74) is 0.902. The quantitative estimate of drug-likeness (QED) is 0.774. The summed E-state index contributed by atoms with van der Waals surface area (Å²) in [6.07, 6.45) is 1.76. The fraction of sp³-hybridized carbons (Fsp3) is 0.333. The number of carbonyl (C=O) groups is 1. The van der Waals surface area contributed by atoms with Crippen molar-refractivity contribution in [3.05, 3.63) is 36.5 Å². The summed E-state index contributed by atoms with van der Waals surface area (Å²) in [6, 6.07) is 9.40. The van der Waals surface area contributed by atoms with Gasteiger partial charge in [-0.15, -0.1) is 0 Å². The van der Waals surface area contributed by atoms with Crippen LogP contribution in [-0.4, -0.2) is 23.7 Å². The number of aromatic nitrogens is 1. The number of esters is 1. The highest BCUT2D eigenvalue weighted by molar-refractivity contribution is 5.80. The molecule has 0 saturated heterocycles. The average Bonchev–Trinajstić information content (AvgIpc) is 2.44. The summed E-state index contributed by atoms with van der Waals surface area (Å²) >= 11 is 0. The second kappa shape index (κ2) is 6.18.